The third-order valence-corrected chi connectivity index (χ3v) is 4.21. The topological polar surface area (TPSA) is 72.5 Å². The summed E-state index contributed by atoms with van der Waals surface area (Å²) in [6.07, 6.45) is 7.84. The standard InChI is InChI=1S/C15H15Cl2N5.ClH/c16-11-2-1-10(7-12(11)17)15(13-8-19-9-21-13)22-6-5-20-14(22)3-4-18;/h1-2,5-9,15H,3-4,18H2,(H,19,21);1H. The number of H-pyrrole nitrogens is 1. The number of aromatic amines is 1. The highest BCUT2D eigenvalue weighted by Gasteiger charge is 2.21. The summed E-state index contributed by atoms with van der Waals surface area (Å²) < 4.78 is 2.07. The number of rotatable bonds is 5. The molecule has 1 unspecified atom stereocenters. The maximum Gasteiger partial charge on any atom is 0.110 e. The predicted octanol–water partition coefficient (Wildman–Crippen LogP) is 3.47. The monoisotopic (exact) mass is 371 g/mol. The molecule has 122 valence electrons. The summed E-state index contributed by atoms with van der Waals surface area (Å²) in [5, 5.41) is 1.05. The first-order chi connectivity index (χ1) is 10.7. The van der Waals surface area contributed by atoms with Crippen LogP contribution >= 0.6 is 35.6 Å². The molecule has 0 saturated heterocycles. The molecule has 0 aliphatic heterocycles. The van der Waals surface area contributed by atoms with Crippen molar-refractivity contribution < 1.29 is 0 Å². The summed E-state index contributed by atoms with van der Waals surface area (Å²) in [6, 6.07) is 5.50. The zero-order chi connectivity index (χ0) is 15.5. The number of nitrogens with zero attached hydrogens (tertiary/aromatic N) is 3. The molecule has 5 nitrogen and oxygen atoms in total. The Balaban J connectivity index is 0.00000192. The van der Waals surface area contributed by atoms with E-state index >= 15 is 0 Å². The molecule has 1 aromatic carbocycles. The number of aromatic nitrogens is 4. The van der Waals surface area contributed by atoms with E-state index in [1.165, 1.54) is 0 Å². The number of benzene rings is 1. The Bertz CT molecular complexity index is 754. The normalized spacial score (nSPS) is 12.0. The second-order valence-electron chi connectivity index (χ2n) is 4.87. The number of imidazole rings is 2. The summed E-state index contributed by atoms with van der Waals surface area (Å²) in [7, 11) is 0. The molecule has 3 N–H and O–H groups in total. The third kappa shape index (κ3) is 3.70. The fraction of sp³-hybridized carbons (Fsp3) is 0.200. The van der Waals surface area contributed by atoms with Gasteiger partial charge in [0, 0.05) is 18.8 Å². The lowest BCUT2D eigenvalue weighted by molar-refractivity contribution is 0.619. The molecule has 0 aliphatic rings. The van der Waals surface area contributed by atoms with Gasteiger partial charge in [-0.15, -0.1) is 12.4 Å². The van der Waals surface area contributed by atoms with Crippen LogP contribution in [0.2, 0.25) is 10.0 Å². The van der Waals surface area contributed by atoms with Gasteiger partial charge in [0.15, 0.2) is 0 Å². The van der Waals surface area contributed by atoms with Crippen LogP contribution in [0.25, 0.3) is 0 Å². The SMILES string of the molecule is Cl.NCCc1nccn1C(c1ccc(Cl)c(Cl)c1)c1cnc[nH]1. The molecule has 2 aromatic heterocycles. The van der Waals surface area contributed by atoms with Crippen molar-refractivity contribution in [3.05, 3.63) is 70.2 Å². The Morgan fingerprint density at radius 1 is 1.26 bits per heavy atom. The van der Waals surface area contributed by atoms with Gasteiger partial charge in [0.2, 0.25) is 0 Å². The molecule has 3 rings (SSSR count). The van der Waals surface area contributed by atoms with Gasteiger partial charge in [0.1, 0.15) is 11.9 Å². The molecule has 0 radical (unpaired) electrons. The fourth-order valence-electron chi connectivity index (χ4n) is 2.49. The van der Waals surface area contributed by atoms with Crippen molar-refractivity contribution in [2.24, 2.45) is 5.73 Å². The van der Waals surface area contributed by atoms with E-state index in [9.17, 15) is 0 Å². The summed E-state index contributed by atoms with van der Waals surface area (Å²) in [4.78, 5) is 11.7. The first-order valence-corrected chi connectivity index (χ1v) is 7.61. The number of halogens is 3. The second kappa shape index (κ2) is 7.84. The fourth-order valence-corrected chi connectivity index (χ4v) is 2.80. The molecule has 0 aliphatic carbocycles. The second-order valence-corrected chi connectivity index (χ2v) is 5.69. The molecule has 23 heavy (non-hydrogen) atoms. The number of nitrogens with two attached hydrogens (primary N) is 1. The molecule has 8 heteroatoms. The van der Waals surface area contributed by atoms with E-state index in [1.54, 1.807) is 24.8 Å². The highest BCUT2D eigenvalue weighted by atomic mass is 35.5. The Labute approximate surface area is 150 Å². The minimum atomic E-state index is -0.110. The Morgan fingerprint density at radius 2 is 2.09 bits per heavy atom. The van der Waals surface area contributed by atoms with Crippen LogP contribution in [0.4, 0.5) is 0 Å². The Morgan fingerprint density at radius 3 is 2.74 bits per heavy atom. The number of hydrogen-bond acceptors (Lipinski definition) is 3. The van der Waals surface area contributed by atoms with Crippen LogP contribution in [0.1, 0.15) is 23.1 Å². The molecule has 0 spiro atoms. The summed E-state index contributed by atoms with van der Waals surface area (Å²) >= 11 is 12.2. The smallest absolute Gasteiger partial charge is 0.110 e. The lowest BCUT2D eigenvalue weighted by Gasteiger charge is -2.20. The Hall–Kier alpha value is -1.53. The zero-order valence-electron chi connectivity index (χ0n) is 12.1. The van der Waals surface area contributed by atoms with Gasteiger partial charge in [-0.05, 0) is 24.2 Å². The lowest BCUT2D eigenvalue weighted by Crippen LogP contribution is -2.17. The van der Waals surface area contributed by atoms with Gasteiger partial charge >= 0.3 is 0 Å². The first kappa shape index (κ1) is 17.8. The van der Waals surface area contributed by atoms with E-state index in [0.29, 0.717) is 23.0 Å². The minimum absolute atomic E-state index is 0. The summed E-state index contributed by atoms with van der Waals surface area (Å²) in [6.45, 7) is 0.536. The maximum atomic E-state index is 6.18. The molecule has 0 fully saturated rings. The van der Waals surface area contributed by atoms with Crippen molar-refractivity contribution >= 4 is 35.6 Å². The summed E-state index contributed by atoms with van der Waals surface area (Å²) in [5.41, 5.74) is 7.61. The minimum Gasteiger partial charge on any atom is -0.346 e. The number of hydrogen-bond donors (Lipinski definition) is 2. The Kier molecular flexibility index (Phi) is 6.07. The molecule has 1 atom stereocenters. The van der Waals surface area contributed by atoms with Crippen LogP contribution in [-0.2, 0) is 6.42 Å². The van der Waals surface area contributed by atoms with Crippen molar-refractivity contribution in [2.45, 2.75) is 12.5 Å². The van der Waals surface area contributed by atoms with Crippen molar-refractivity contribution in [3.8, 4) is 0 Å². The average molecular weight is 373 g/mol. The van der Waals surface area contributed by atoms with Crippen LogP contribution in [0.5, 0.6) is 0 Å². The van der Waals surface area contributed by atoms with E-state index in [2.05, 4.69) is 19.5 Å². The molecule has 3 aromatic rings. The van der Waals surface area contributed by atoms with Crippen LogP contribution < -0.4 is 5.73 Å². The van der Waals surface area contributed by atoms with Gasteiger partial charge in [0.05, 0.1) is 28.3 Å². The maximum absolute atomic E-state index is 6.18. The zero-order valence-corrected chi connectivity index (χ0v) is 14.4. The van der Waals surface area contributed by atoms with Crippen molar-refractivity contribution in [3.63, 3.8) is 0 Å². The van der Waals surface area contributed by atoms with Gasteiger partial charge in [-0.1, -0.05) is 29.3 Å². The largest absolute Gasteiger partial charge is 0.346 e. The lowest BCUT2D eigenvalue weighted by atomic mass is 10.0. The molecular formula is C15H16Cl3N5. The molecular weight excluding hydrogens is 357 g/mol. The average Bonchev–Trinajstić information content (AvgIpc) is 3.17. The van der Waals surface area contributed by atoms with Crippen LogP contribution in [0.15, 0.2) is 43.1 Å². The van der Waals surface area contributed by atoms with Crippen LogP contribution in [-0.4, -0.2) is 26.1 Å². The highest BCUT2D eigenvalue weighted by Crippen LogP contribution is 2.31. The highest BCUT2D eigenvalue weighted by molar-refractivity contribution is 6.42. The quantitative estimate of drug-likeness (QED) is 0.720. The van der Waals surface area contributed by atoms with Gasteiger partial charge in [-0.2, -0.15) is 0 Å². The van der Waals surface area contributed by atoms with Gasteiger partial charge in [0.25, 0.3) is 0 Å². The molecule has 0 saturated carbocycles. The van der Waals surface area contributed by atoms with Crippen molar-refractivity contribution in [1.29, 1.82) is 0 Å². The molecule has 2 heterocycles. The van der Waals surface area contributed by atoms with E-state index in [0.717, 1.165) is 17.1 Å². The van der Waals surface area contributed by atoms with Crippen molar-refractivity contribution in [1.82, 2.24) is 19.5 Å². The predicted molar refractivity (Wildman–Crippen MR) is 94.5 cm³/mol. The van der Waals surface area contributed by atoms with E-state index < -0.39 is 0 Å². The molecule has 0 amide bonds. The van der Waals surface area contributed by atoms with Gasteiger partial charge in [-0.25, -0.2) is 9.97 Å². The summed E-state index contributed by atoms with van der Waals surface area (Å²) in [5.74, 6) is 0.910. The third-order valence-electron chi connectivity index (χ3n) is 3.47. The van der Waals surface area contributed by atoms with Crippen LogP contribution in [0, 0.1) is 0 Å². The van der Waals surface area contributed by atoms with Crippen molar-refractivity contribution in [2.75, 3.05) is 6.54 Å². The first-order valence-electron chi connectivity index (χ1n) is 6.85. The van der Waals surface area contributed by atoms with Crippen LogP contribution in [0.3, 0.4) is 0 Å². The molecule has 0 bridgehead atoms. The van der Waals surface area contributed by atoms with Gasteiger partial charge in [-0.3, -0.25) is 0 Å². The van der Waals surface area contributed by atoms with Gasteiger partial charge < -0.3 is 15.3 Å². The van der Waals surface area contributed by atoms with E-state index in [1.807, 2.05) is 18.3 Å². The number of nitrogens with one attached hydrogen (secondary N) is 1. The van der Waals surface area contributed by atoms with E-state index in [-0.39, 0.29) is 18.4 Å². The van der Waals surface area contributed by atoms with E-state index in [4.69, 9.17) is 28.9 Å².